The van der Waals surface area contributed by atoms with Gasteiger partial charge in [0.15, 0.2) is 17.5 Å². The third-order valence-corrected chi connectivity index (χ3v) is 4.51. The number of nitrogens with zero attached hydrogens (tertiary/aromatic N) is 2. The number of guanidine groups is 1. The zero-order chi connectivity index (χ0) is 18.1. The normalized spacial score (nSPS) is 14.1. The number of hydrogen-bond donors (Lipinski definition) is 2. The second kappa shape index (κ2) is 12.2. The first-order chi connectivity index (χ1) is 12.2. The lowest BCUT2D eigenvalue weighted by Gasteiger charge is -2.21. The van der Waals surface area contributed by atoms with E-state index in [2.05, 4.69) is 41.3 Å². The standard InChI is InChI=1S/C19H32N4O2.HI/c1-5-23(6-2)11-7-8-15(3)22-19(20-4)21-13-16-9-10-17-18(12-16)25-14-24-17;/h9-10,12,15H,5-8,11,13-14H2,1-4H3,(H2,20,21,22);1H. The molecule has 6 nitrogen and oxygen atoms in total. The Morgan fingerprint density at radius 2 is 1.96 bits per heavy atom. The lowest BCUT2D eigenvalue weighted by molar-refractivity contribution is 0.174. The van der Waals surface area contributed by atoms with Crippen LogP contribution >= 0.6 is 24.0 Å². The molecule has 2 N–H and O–H groups in total. The molecule has 1 heterocycles. The van der Waals surface area contributed by atoms with Crippen molar-refractivity contribution in [1.82, 2.24) is 15.5 Å². The molecule has 0 radical (unpaired) electrons. The molecule has 0 spiro atoms. The van der Waals surface area contributed by atoms with Gasteiger partial charge in [-0.25, -0.2) is 0 Å². The van der Waals surface area contributed by atoms with Gasteiger partial charge in [0.2, 0.25) is 6.79 Å². The van der Waals surface area contributed by atoms with E-state index in [1.54, 1.807) is 7.05 Å². The number of rotatable bonds is 9. The smallest absolute Gasteiger partial charge is 0.231 e. The van der Waals surface area contributed by atoms with Crippen molar-refractivity contribution < 1.29 is 9.47 Å². The maximum Gasteiger partial charge on any atom is 0.231 e. The monoisotopic (exact) mass is 476 g/mol. The highest BCUT2D eigenvalue weighted by Crippen LogP contribution is 2.32. The van der Waals surface area contributed by atoms with Crippen molar-refractivity contribution in [1.29, 1.82) is 0 Å². The Balaban J connectivity index is 0.00000338. The largest absolute Gasteiger partial charge is 0.454 e. The Morgan fingerprint density at radius 3 is 2.65 bits per heavy atom. The van der Waals surface area contributed by atoms with Crippen molar-refractivity contribution in [2.45, 2.75) is 46.2 Å². The van der Waals surface area contributed by atoms with Gasteiger partial charge in [0.25, 0.3) is 0 Å². The van der Waals surface area contributed by atoms with Crippen molar-refractivity contribution in [3.05, 3.63) is 23.8 Å². The van der Waals surface area contributed by atoms with Gasteiger partial charge in [0.05, 0.1) is 0 Å². The molecule has 1 aromatic rings. The van der Waals surface area contributed by atoms with Gasteiger partial charge in [-0.1, -0.05) is 19.9 Å². The molecule has 0 saturated carbocycles. The van der Waals surface area contributed by atoms with Crippen molar-refractivity contribution in [2.24, 2.45) is 4.99 Å². The Labute approximate surface area is 174 Å². The van der Waals surface area contributed by atoms with Gasteiger partial charge >= 0.3 is 0 Å². The summed E-state index contributed by atoms with van der Waals surface area (Å²) in [5.74, 6) is 2.45. The number of halogens is 1. The number of benzene rings is 1. The highest BCUT2D eigenvalue weighted by atomic mass is 127. The van der Waals surface area contributed by atoms with Crippen molar-refractivity contribution in [2.75, 3.05) is 33.5 Å². The Hall–Kier alpha value is -1.22. The van der Waals surface area contributed by atoms with Crippen LogP contribution in [0.5, 0.6) is 11.5 Å². The minimum Gasteiger partial charge on any atom is -0.454 e. The van der Waals surface area contributed by atoms with Gasteiger partial charge < -0.3 is 25.0 Å². The number of hydrogen-bond acceptors (Lipinski definition) is 4. The quantitative estimate of drug-likeness (QED) is 0.326. The average molecular weight is 476 g/mol. The van der Waals surface area contributed by atoms with E-state index < -0.39 is 0 Å². The molecule has 2 rings (SSSR count). The topological polar surface area (TPSA) is 58.1 Å². The predicted molar refractivity (Wildman–Crippen MR) is 118 cm³/mol. The third-order valence-electron chi connectivity index (χ3n) is 4.51. The summed E-state index contributed by atoms with van der Waals surface area (Å²) >= 11 is 0. The number of nitrogens with one attached hydrogen (secondary N) is 2. The molecule has 7 heteroatoms. The number of ether oxygens (including phenoxy) is 2. The molecular weight excluding hydrogens is 443 g/mol. The molecule has 1 aliphatic rings. The second-order valence-corrected chi connectivity index (χ2v) is 6.33. The molecule has 0 aromatic heterocycles. The minimum absolute atomic E-state index is 0. The van der Waals surface area contributed by atoms with Gasteiger partial charge in [0.1, 0.15) is 0 Å². The van der Waals surface area contributed by atoms with Crippen LogP contribution in [0.15, 0.2) is 23.2 Å². The van der Waals surface area contributed by atoms with E-state index in [-0.39, 0.29) is 24.0 Å². The van der Waals surface area contributed by atoms with E-state index in [1.807, 2.05) is 18.2 Å². The predicted octanol–water partition coefficient (Wildman–Crippen LogP) is 3.21. The van der Waals surface area contributed by atoms with Crippen LogP contribution in [0.1, 0.15) is 39.2 Å². The molecule has 26 heavy (non-hydrogen) atoms. The van der Waals surface area contributed by atoms with E-state index >= 15 is 0 Å². The molecule has 0 amide bonds. The first-order valence-electron chi connectivity index (χ1n) is 9.24. The molecule has 0 bridgehead atoms. The molecule has 1 unspecified atom stereocenters. The van der Waals surface area contributed by atoms with Gasteiger partial charge in [-0.2, -0.15) is 0 Å². The molecule has 1 aromatic carbocycles. The van der Waals surface area contributed by atoms with Crippen LogP contribution in [0.3, 0.4) is 0 Å². The molecule has 0 fully saturated rings. The van der Waals surface area contributed by atoms with Crippen molar-refractivity contribution in [3.8, 4) is 11.5 Å². The van der Waals surface area contributed by atoms with E-state index in [1.165, 1.54) is 6.42 Å². The maximum absolute atomic E-state index is 5.42. The molecular formula is C19H33IN4O2. The molecule has 148 valence electrons. The highest BCUT2D eigenvalue weighted by Gasteiger charge is 2.13. The fraction of sp³-hybridized carbons (Fsp3) is 0.632. The SMILES string of the molecule is CCN(CC)CCCC(C)NC(=NC)NCc1ccc2c(c1)OCO2.I. The number of fused-ring (bicyclic) bond motifs is 1. The lowest BCUT2D eigenvalue weighted by Crippen LogP contribution is -2.42. The summed E-state index contributed by atoms with van der Waals surface area (Å²) in [6, 6.07) is 6.39. The van der Waals surface area contributed by atoms with Crippen LogP contribution in [0.2, 0.25) is 0 Å². The average Bonchev–Trinajstić information content (AvgIpc) is 3.10. The first-order valence-corrected chi connectivity index (χ1v) is 9.24. The number of aliphatic imine (C=N–C) groups is 1. The highest BCUT2D eigenvalue weighted by molar-refractivity contribution is 14.0. The van der Waals surface area contributed by atoms with E-state index in [0.29, 0.717) is 19.4 Å². The summed E-state index contributed by atoms with van der Waals surface area (Å²) in [5, 5.41) is 6.82. The molecule has 0 saturated heterocycles. The van der Waals surface area contributed by atoms with Gasteiger partial charge in [0, 0.05) is 19.6 Å². The minimum atomic E-state index is 0. The van der Waals surface area contributed by atoms with Crippen molar-refractivity contribution >= 4 is 29.9 Å². The lowest BCUT2D eigenvalue weighted by atomic mass is 10.1. The van der Waals surface area contributed by atoms with Crippen LogP contribution in [-0.4, -0.2) is 50.4 Å². The fourth-order valence-corrected chi connectivity index (χ4v) is 2.90. The van der Waals surface area contributed by atoms with Crippen LogP contribution in [0.4, 0.5) is 0 Å². The fourth-order valence-electron chi connectivity index (χ4n) is 2.90. The van der Waals surface area contributed by atoms with Crippen LogP contribution in [0, 0.1) is 0 Å². The van der Waals surface area contributed by atoms with Crippen LogP contribution in [-0.2, 0) is 6.54 Å². The molecule has 0 aliphatic carbocycles. The summed E-state index contributed by atoms with van der Waals surface area (Å²) < 4.78 is 10.8. The second-order valence-electron chi connectivity index (χ2n) is 6.33. The summed E-state index contributed by atoms with van der Waals surface area (Å²) in [5.41, 5.74) is 1.14. The van der Waals surface area contributed by atoms with E-state index in [4.69, 9.17) is 9.47 Å². The Bertz CT molecular complexity index is 564. The van der Waals surface area contributed by atoms with E-state index in [0.717, 1.165) is 49.1 Å². The zero-order valence-electron chi connectivity index (χ0n) is 16.4. The maximum atomic E-state index is 5.42. The first kappa shape index (κ1) is 22.8. The van der Waals surface area contributed by atoms with Crippen LogP contribution in [0.25, 0.3) is 0 Å². The summed E-state index contributed by atoms with van der Waals surface area (Å²) in [4.78, 5) is 6.78. The third kappa shape index (κ3) is 7.19. The summed E-state index contributed by atoms with van der Waals surface area (Å²) in [7, 11) is 1.80. The van der Waals surface area contributed by atoms with Crippen molar-refractivity contribution in [3.63, 3.8) is 0 Å². The zero-order valence-corrected chi connectivity index (χ0v) is 18.7. The summed E-state index contributed by atoms with van der Waals surface area (Å²) in [6.45, 7) is 11.0. The Morgan fingerprint density at radius 1 is 1.23 bits per heavy atom. The van der Waals surface area contributed by atoms with Crippen LogP contribution < -0.4 is 20.1 Å². The van der Waals surface area contributed by atoms with Gasteiger partial charge in [-0.05, 0) is 57.1 Å². The molecule has 1 atom stereocenters. The molecule has 1 aliphatic heterocycles. The van der Waals surface area contributed by atoms with E-state index in [9.17, 15) is 0 Å². The van der Waals surface area contributed by atoms with Gasteiger partial charge in [-0.15, -0.1) is 24.0 Å². The van der Waals surface area contributed by atoms with Gasteiger partial charge in [-0.3, -0.25) is 4.99 Å². The summed E-state index contributed by atoms with van der Waals surface area (Å²) in [6.07, 6.45) is 2.32. The Kier molecular flexibility index (Phi) is 10.7.